The second-order valence-electron chi connectivity index (χ2n) is 6.30. The van der Waals surface area contributed by atoms with Crippen molar-refractivity contribution in [3.8, 4) is 5.69 Å². The van der Waals surface area contributed by atoms with Gasteiger partial charge in [0.2, 0.25) is 0 Å². The molecular weight excluding hydrogens is 394 g/mol. The number of carboxylic acid groups (broad SMARTS) is 1. The lowest BCUT2D eigenvalue weighted by atomic mass is 10.1. The molecule has 0 saturated carbocycles. The summed E-state index contributed by atoms with van der Waals surface area (Å²) in [7, 11) is 1.69. The number of rotatable bonds is 6. The molecule has 148 valence electrons. The lowest BCUT2D eigenvalue weighted by molar-refractivity contribution is -0.132. The standard InChI is InChI=1S/C21H18ClN3O4/c1-13-19(20(27)25(24(13)2)16-6-4-3-5-7-16)23-17(21(28)29)12-18(26)14-8-10-15(22)11-9-14/h3-12,23H,1-2H3,(H,28,29). The lowest BCUT2D eigenvalue weighted by Crippen LogP contribution is -2.22. The van der Waals surface area contributed by atoms with Crippen LogP contribution in [-0.4, -0.2) is 26.2 Å². The maximum Gasteiger partial charge on any atom is 0.352 e. The SMILES string of the molecule is Cc1c(NC(=CC(=O)c2ccc(Cl)cc2)C(=O)O)c(=O)n(-c2ccccc2)n1C. The lowest BCUT2D eigenvalue weighted by Gasteiger charge is -2.07. The molecule has 8 heteroatoms. The monoisotopic (exact) mass is 411 g/mol. The van der Waals surface area contributed by atoms with Gasteiger partial charge in [-0.05, 0) is 43.3 Å². The second-order valence-corrected chi connectivity index (χ2v) is 6.73. The average molecular weight is 412 g/mol. The Kier molecular flexibility index (Phi) is 5.70. The second kappa shape index (κ2) is 8.20. The van der Waals surface area contributed by atoms with E-state index >= 15 is 0 Å². The van der Waals surface area contributed by atoms with Crippen LogP contribution in [0.15, 0.2) is 71.2 Å². The van der Waals surface area contributed by atoms with E-state index in [1.807, 2.05) is 6.07 Å². The predicted octanol–water partition coefficient (Wildman–Crippen LogP) is 3.40. The maximum atomic E-state index is 12.9. The van der Waals surface area contributed by atoms with Crippen molar-refractivity contribution in [3.05, 3.63) is 93.0 Å². The van der Waals surface area contributed by atoms with E-state index in [1.54, 1.807) is 42.9 Å². The molecule has 7 nitrogen and oxygen atoms in total. The van der Waals surface area contributed by atoms with Crippen molar-refractivity contribution in [2.75, 3.05) is 5.32 Å². The molecule has 2 aromatic carbocycles. The molecule has 0 amide bonds. The molecule has 3 rings (SSSR count). The van der Waals surface area contributed by atoms with E-state index in [1.165, 1.54) is 28.9 Å². The maximum absolute atomic E-state index is 12.9. The minimum absolute atomic E-state index is 0.0777. The Morgan fingerprint density at radius 3 is 2.28 bits per heavy atom. The number of carbonyl (C=O) groups is 2. The number of benzene rings is 2. The fourth-order valence-electron chi connectivity index (χ4n) is 2.83. The number of aromatic nitrogens is 2. The summed E-state index contributed by atoms with van der Waals surface area (Å²) in [5.41, 5.74) is 0.674. The van der Waals surface area contributed by atoms with E-state index in [0.29, 0.717) is 16.4 Å². The molecule has 0 aliphatic carbocycles. The van der Waals surface area contributed by atoms with Crippen molar-refractivity contribution in [2.45, 2.75) is 6.92 Å². The highest BCUT2D eigenvalue weighted by Crippen LogP contribution is 2.17. The largest absolute Gasteiger partial charge is 0.477 e. The first-order valence-corrected chi connectivity index (χ1v) is 9.03. The summed E-state index contributed by atoms with van der Waals surface area (Å²) in [5, 5.41) is 12.6. The normalized spacial score (nSPS) is 11.3. The molecule has 3 aromatic rings. The number of anilines is 1. The predicted molar refractivity (Wildman–Crippen MR) is 111 cm³/mol. The Morgan fingerprint density at radius 2 is 1.69 bits per heavy atom. The smallest absolute Gasteiger partial charge is 0.352 e. The van der Waals surface area contributed by atoms with E-state index < -0.39 is 23.0 Å². The summed E-state index contributed by atoms with van der Waals surface area (Å²) in [6.45, 7) is 1.68. The first-order valence-electron chi connectivity index (χ1n) is 8.65. The van der Waals surface area contributed by atoms with Gasteiger partial charge in [0.25, 0.3) is 5.56 Å². The number of para-hydroxylation sites is 1. The van der Waals surface area contributed by atoms with Crippen LogP contribution in [0.4, 0.5) is 5.69 Å². The number of aliphatic carboxylic acids is 1. The van der Waals surface area contributed by atoms with Crippen molar-refractivity contribution < 1.29 is 14.7 Å². The molecule has 2 N–H and O–H groups in total. The Bertz CT molecular complexity index is 1160. The van der Waals surface area contributed by atoms with Gasteiger partial charge in [0.15, 0.2) is 5.78 Å². The zero-order valence-electron chi connectivity index (χ0n) is 15.7. The van der Waals surface area contributed by atoms with Crippen LogP contribution in [0, 0.1) is 6.92 Å². The van der Waals surface area contributed by atoms with Gasteiger partial charge in [-0.2, -0.15) is 0 Å². The van der Waals surface area contributed by atoms with Crippen LogP contribution in [0.1, 0.15) is 16.1 Å². The molecule has 1 heterocycles. The van der Waals surface area contributed by atoms with Gasteiger partial charge >= 0.3 is 5.97 Å². The van der Waals surface area contributed by atoms with Crippen molar-refractivity contribution in [1.82, 2.24) is 9.36 Å². The number of hydrogen-bond acceptors (Lipinski definition) is 4. The Hall–Kier alpha value is -3.58. The number of carboxylic acids is 1. The molecule has 0 radical (unpaired) electrons. The minimum Gasteiger partial charge on any atom is -0.477 e. The molecule has 0 spiro atoms. The van der Waals surface area contributed by atoms with Gasteiger partial charge in [0.05, 0.1) is 11.4 Å². The molecule has 0 aliphatic rings. The minimum atomic E-state index is -1.36. The van der Waals surface area contributed by atoms with Gasteiger partial charge in [-0.25, -0.2) is 9.48 Å². The van der Waals surface area contributed by atoms with E-state index in [2.05, 4.69) is 5.32 Å². The molecule has 1 aromatic heterocycles. The van der Waals surface area contributed by atoms with Gasteiger partial charge in [0.1, 0.15) is 11.4 Å². The highest BCUT2D eigenvalue weighted by molar-refractivity contribution is 6.30. The summed E-state index contributed by atoms with van der Waals surface area (Å²) in [5.74, 6) is -1.88. The Morgan fingerprint density at radius 1 is 1.07 bits per heavy atom. The summed E-state index contributed by atoms with van der Waals surface area (Å²) in [4.78, 5) is 37.0. The van der Waals surface area contributed by atoms with Gasteiger partial charge in [0, 0.05) is 23.7 Å². The van der Waals surface area contributed by atoms with Crippen LogP contribution in [-0.2, 0) is 11.8 Å². The molecule has 0 saturated heterocycles. The van der Waals surface area contributed by atoms with Gasteiger partial charge < -0.3 is 10.4 Å². The highest BCUT2D eigenvalue weighted by atomic mass is 35.5. The topological polar surface area (TPSA) is 93.3 Å². The Labute approximate surface area is 171 Å². The van der Waals surface area contributed by atoms with Crippen molar-refractivity contribution in [3.63, 3.8) is 0 Å². The summed E-state index contributed by atoms with van der Waals surface area (Å²) < 4.78 is 3.03. The average Bonchev–Trinajstić information content (AvgIpc) is 2.91. The van der Waals surface area contributed by atoms with E-state index in [9.17, 15) is 19.5 Å². The van der Waals surface area contributed by atoms with Crippen molar-refractivity contribution in [1.29, 1.82) is 0 Å². The van der Waals surface area contributed by atoms with Crippen molar-refractivity contribution >= 4 is 29.0 Å². The number of hydrogen-bond donors (Lipinski definition) is 2. The number of nitrogens with zero attached hydrogens (tertiary/aromatic N) is 2. The van der Waals surface area contributed by atoms with E-state index in [4.69, 9.17) is 11.6 Å². The number of carbonyl (C=O) groups excluding carboxylic acids is 1. The van der Waals surface area contributed by atoms with E-state index in [-0.39, 0.29) is 11.3 Å². The third-order valence-corrected chi connectivity index (χ3v) is 4.70. The molecule has 0 aliphatic heterocycles. The van der Waals surface area contributed by atoms with Crippen LogP contribution in [0.5, 0.6) is 0 Å². The summed E-state index contributed by atoms with van der Waals surface area (Å²) >= 11 is 5.81. The fourth-order valence-corrected chi connectivity index (χ4v) is 2.95. The molecule has 29 heavy (non-hydrogen) atoms. The van der Waals surface area contributed by atoms with Crippen LogP contribution in [0.3, 0.4) is 0 Å². The highest BCUT2D eigenvalue weighted by Gasteiger charge is 2.20. The van der Waals surface area contributed by atoms with Crippen LogP contribution in [0.2, 0.25) is 5.02 Å². The summed E-state index contributed by atoms with van der Waals surface area (Å²) in [6.07, 6.45) is 0.949. The van der Waals surface area contributed by atoms with Gasteiger partial charge in [-0.1, -0.05) is 29.8 Å². The molecule has 0 unspecified atom stereocenters. The quantitative estimate of drug-likeness (QED) is 0.479. The van der Waals surface area contributed by atoms with Crippen LogP contribution in [0.25, 0.3) is 5.69 Å². The third-order valence-electron chi connectivity index (χ3n) is 4.45. The molecular formula is C21H18ClN3O4. The number of ketones is 1. The Balaban J connectivity index is 2.00. The van der Waals surface area contributed by atoms with E-state index in [0.717, 1.165) is 6.08 Å². The number of allylic oxidation sites excluding steroid dienone is 1. The summed E-state index contributed by atoms with van der Waals surface area (Å²) in [6, 6.07) is 15.0. The molecule has 0 bridgehead atoms. The van der Waals surface area contributed by atoms with Gasteiger partial charge in [-0.3, -0.25) is 14.3 Å². The number of nitrogens with one attached hydrogen (secondary N) is 1. The zero-order valence-corrected chi connectivity index (χ0v) is 16.5. The number of halogens is 1. The van der Waals surface area contributed by atoms with Crippen molar-refractivity contribution in [2.24, 2.45) is 7.05 Å². The molecule has 0 fully saturated rings. The van der Waals surface area contributed by atoms with Crippen LogP contribution < -0.4 is 10.9 Å². The first-order chi connectivity index (χ1) is 13.8. The van der Waals surface area contributed by atoms with Gasteiger partial charge in [-0.15, -0.1) is 0 Å². The molecule has 0 atom stereocenters. The van der Waals surface area contributed by atoms with Crippen LogP contribution >= 0.6 is 11.6 Å². The third kappa shape index (κ3) is 4.14. The fraction of sp³-hybridized carbons (Fsp3) is 0.0952. The first kappa shape index (κ1) is 20.2. The zero-order chi connectivity index (χ0) is 21.1.